The summed E-state index contributed by atoms with van der Waals surface area (Å²) in [5, 5.41) is 1.07. The van der Waals surface area contributed by atoms with Crippen molar-refractivity contribution in [1.82, 2.24) is 0 Å². The maximum absolute atomic E-state index is 5.82. The van der Waals surface area contributed by atoms with Gasteiger partial charge in [-0.05, 0) is 51.8 Å². The van der Waals surface area contributed by atoms with Gasteiger partial charge in [0.25, 0.3) is 0 Å². The number of benzene rings is 2. The van der Waals surface area contributed by atoms with E-state index in [1.807, 2.05) is 54.6 Å². The van der Waals surface area contributed by atoms with Crippen molar-refractivity contribution < 1.29 is 13.9 Å². The van der Waals surface area contributed by atoms with Crippen molar-refractivity contribution in [3.63, 3.8) is 0 Å². The molecule has 1 aliphatic heterocycles. The summed E-state index contributed by atoms with van der Waals surface area (Å²) < 4.78 is 17.5. The molecule has 4 heteroatoms. The first kappa shape index (κ1) is 12.5. The van der Waals surface area contributed by atoms with E-state index in [1.165, 1.54) is 0 Å². The van der Waals surface area contributed by atoms with Crippen molar-refractivity contribution in [2.75, 3.05) is 6.79 Å². The van der Waals surface area contributed by atoms with Gasteiger partial charge in [0.1, 0.15) is 11.3 Å². The van der Waals surface area contributed by atoms with Crippen molar-refractivity contribution in [3.05, 3.63) is 58.3 Å². The van der Waals surface area contributed by atoms with Gasteiger partial charge in [0.05, 0.1) is 4.47 Å². The van der Waals surface area contributed by atoms with Crippen LogP contribution >= 0.6 is 15.9 Å². The predicted octanol–water partition coefficient (Wildman–Crippen LogP) is 5.09. The highest BCUT2D eigenvalue weighted by atomic mass is 79.9. The summed E-state index contributed by atoms with van der Waals surface area (Å²) >= 11 is 3.59. The smallest absolute Gasteiger partial charge is 0.231 e. The van der Waals surface area contributed by atoms with E-state index in [1.54, 1.807) is 0 Å². The number of furan rings is 1. The number of halogens is 1. The molecule has 0 spiro atoms. The van der Waals surface area contributed by atoms with Crippen LogP contribution in [0.25, 0.3) is 23.1 Å². The van der Waals surface area contributed by atoms with Crippen LogP contribution < -0.4 is 9.47 Å². The zero-order valence-corrected chi connectivity index (χ0v) is 12.6. The SMILES string of the molecule is Brc1c(/C=C/c2ccc3c(c2)OCO3)oc2ccccc12. The maximum Gasteiger partial charge on any atom is 0.231 e. The van der Waals surface area contributed by atoms with Crippen LogP contribution in [-0.2, 0) is 0 Å². The number of hydrogen-bond donors (Lipinski definition) is 0. The standard InChI is InChI=1S/C17H11BrO3/c18-17-12-3-1-2-4-13(12)21-15(17)8-6-11-5-7-14-16(9-11)20-10-19-14/h1-9H,10H2/b8-6+. The zero-order valence-electron chi connectivity index (χ0n) is 11.0. The van der Waals surface area contributed by atoms with Crippen molar-refractivity contribution in [2.45, 2.75) is 0 Å². The Morgan fingerprint density at radius 1 is 0.952 bits per heavy atom. The van der Waals surface area contributed by atoms with E-state index in [0.717, 1.165) is 38.3 Å². The molecule has 2 heterocycles. The molecule has 0 unspecified atom stereocenters. The molecule has 3 nitrogen and oxygen atoms in total. The van der Waals surface area contributed by atoms with Gasteiger partial charge in [0.15, 0.2) is 11.5 Å². The number of para-hydroxylation sites is 1. The first-order valence-electron chi connectivity index (χ1n) is 6.56. The molecule has 4 rings (SSSR count). The summed E-state index contributed by atoms with van der Waals surface area (Å²) in [6.45, 7) is 0.289. The molecule has 2 aromatic carbocycles. The molecule has 0 bridgehead atoms. The van der Waals surface area contributed by atoms with E-state index in [4.69, 9.17) is 13.9 Å². The van der Waals surface area contributed by atoms with Crippen LogP contribution in [0.4, 0.5) is 0 Å². The second kappa shape index (κ2) is 4.97. The minimum absolute atomic E-state index is 0.289. The fourth-order valence-corrected chi connectivity index (χ4v) is 2.87. The van der Waals surface area contributed by atoms with E-state index in [0.29, 0.717) is 0 Å². The zero-order chi connectivity index (χ0) is 14.2. The van der Waals surface area contributed by atoms with Gasteiger partial charge in [-0.2, -0.15) is 0 Å². The lowest BCUT2D eigenvalue weighted by atomic mass is 10.2. The lowest BCUT2D eigenvalue weighted by Crippen LogP contribution is -1.92. The highest BCUT2D eigenvalue weighted by Gasteiger charge is 2.12. The number of hydrogen-bond acceptors (Lipinski definition) is 3. The Morgan fingerprint density at radius 2 is 1.81 bits per heavy atom. The minimum atomic E-state index is 0.289. The number of ether oxygens (including phenoxy) is 2. The van der Waals surface area contributed by atoms with Gasteiger partial charge in [-0.25, -0.2) is 0 Å². The Labute approximate surface area is 129 Å². The minimum Gasteiger partial charge on any atom is -0.455 e. The summed E-state index contributed by atoms with van der Waals surface area (Å²) in [7, 11) is 0. The van der Waals surface area contributed by atoms with Crippen molar-refractivity contribution in [1.29, 1.82) is 0 Å². The quantitative estimate of drug-likeness (QED) is 0.649. The van der Waals surface area contributed by atoms with Crippen LogP contribution in [0.3, 0.4) is 0 Å². The van der Waals surface area contributed by atoms with Crippen molar-refractivity contribution in [3.8, 4) is 11.5 Å². The van der Waals surface area contributed by atoms with E-state index < -0.39 is 0 Å². The van der Waals surface area contributed by atoms with E-state index >= 15 is 0 Å². The molecule has 1 aliphatic rings. The third kappa shape index (κ3) is 2.21. The average Bonchev–Trinajstić information content (AvgIpc) is 3.10. The molecule has 0 aliphatic carbocycles. The largest absolute Gasteiger partial charge is 0.455 e. The van der Waals surface area contributed by atoms with Crippen LogP contribution in [0.15, 0.2) is 51.4 Å². The molecule has 0 atom stereocenters. The van der Waals surface area contributed by atoms with Gasteiger partial charge in [0, 0.05) is 5.39 Å². The van der Waals surface area contributed by atoms with E-state index in [-0.39, 0.29) is 6.79 Å². The summed E-state index contributed by atoms with van der Waals surface area (Å²) in [6, 6.07) is 13.8. The average molecular weight is 343 g/mol. The molecule has 0 amide bonds. The van der Waals surface area contributed by atoms with Gasteiger partial charge in [-0.3, -0.25) is 0 Å². The highest BCUT2D eigenvalue weighted by molar-refractivity contribution is 9.10. The maximum atomic E-state index is 5.82. The third-order valence-electron chi connectivity index (χ3n) is 3.38. The molecule has 0 fully saturated rings. The molecule has 104 valence electrons. The number of fused-ring (bicyclic) bond motifs is 2. The predicted molar refractivity (Wildman–Crippen MR) is 85.4 cm³/mol. The molecular weight excluding hydrogens is 332 g/mol. The molecule has 1 aromatic heterocycles. The summed E-state index contributed by atoms with van der Waals surface area (Å²) in [5.74, 6) is 2.37. The lowest BCUT2D eigenvalue weighted by Gasteiger charge is -1.97. The Kier molecular flexibility index (Phi) is 2.97. The number of rotatable bonds is 2. The van der Waals surface area contributed by atoms with Crippen LogP contribution in [0.1, 0.15) is 11.3 Å². The van der Waals surface area contributed by atoms with Gasteiger partial charge < -0.3 is 13.9 Å². The second-order valence-corrected chi connectivity index (χ2v) is 5.52. The first-order valence-corrected chi connectivity index (χ1v) is 7.35. The van der Waals surface area contributed by atoms with Crippen LogP contribution in [0.2, 0.25) is 0 Å². The van der Waals surface area contributed by atoms with E-state index in [9.17, 15) is 0 Å². The molecule has 0 saturated carbocycles. The van der Waals surface area contributed by atoms with Gasteiger partial charge in [-0.1, -0.05) is 24.3 Å². The third-order valence-corrected chi connectivity index (χ3v) is 4.20. The summed E-state index contributed by atoms with van der Waals surface area (Å²) in [4.78, 5) is 0. The molecule has 0 saturated heterocycles. The fraction of sp³-hybridized carbons (Fsp3) is 0.0588. The summed E-state index contributed by atoms with van der Waals surface area (Å²) in [6.07, 6.45) is 3.94. The van der Waals surface area contributed by atoms with Crippen molar-refractivity contribution >= 4 is 39.1 Å². The van der Waals surface area contributed by atoms with Crippen LogP contribution in [0, 0.1) is 0 Å². The Balaban J connectivity index is 1.69. The molecule has 0 radical (unpaired) electrons. The van der Waals surface area contributed by atoms with Gasteiger partial charge >= 0.3 is 0 Å². The normalized spacial score (nSPS) is 13.4. The summed E-state index contributed by atoms with van der Waals surface area (Å²) in [5.41, 5.74) is 1.90. The topological polar surface area (TPSA) is 31.6 Å². The van der Waals surface area contributed by atoms with Crippen LogP contribution in [-0.4, -0.2) is 6.79 Å². The fourth-order valence-electron chi connectivity index (χ4n) is 2.33. The molecular formula is C17H11BrO3. The molecule has 21 heavy (non-hydrogen) atoms. The molecule has 3 aromatic rings. The Bertz CT molecular complexity index is 848. The Morgan fingerprint density at radius 3 is 2.71 bits per heavy atom. The Hall–Kier alpha value is -2.20. The monoisotopic (exact) mass is 342 g/mol. The first-order chi connectivity index (χ1) is 10.3. The molecule has 0 N–H and O–H groups in total. The van der Waals surface area contributed by atoms with E-state index in [2.05, 4.69) is 15.9 Å². The van der Waals surface area contributed by atoms with Crippen LogP contribution in [0.5, 0.6) is 11.5 Å². The lowest BCUT2D eigenvalue weighted by molar-refractivity contribution is 0.174. The van der Waals surface area contributed by atoms with Gasteiger partial charge in [0.2, 0.25) is 6.79 Å². The van der Waals surface area contributed by atoms with Gasteiger partial charge in [-0.15, -0.1) is 0 Å². The second-order valence-electron chi connectivity index (χ2n) is 4.72. The van der Waals surface area contributed by atoms with Crippen molar-refractivity contribution in [2.24, 2.45) is 0 Å². The highest BCUT2D eigenvalue weighted by Crippen LogP contribution is 2.34.